The van der Waals surface area contributed by atoms with Gasteiger partial charge in [-0.2, -0.15) is 5.10 Å². The Labute approximate surface area is 101 Å². The number of nitrogens with one attached hydrogen (secondary N) is 1. The highest BCUT2D eigenvalue weighted by Gasteiger charge is 2.02. The summed E-state index contributed by atoms with van der Waals surface area (Å²) in [6, 6.07) is 5.90. The van der Waals surface area contributed by atoms with Gasteiger partial charge >= 0.3 is 0 Å². The van der Waals surface area contributed by atoms with Crippen LogP contribution in [0.4, 0.5) is 0 Å². The molecule has 1 N–H and O–H groups in total. The molecule has 0 aliphatic rings. The van der Waals surface area contributed by atoms with Gasteiger partial charge in [-0.3, -0.25) is 5.10 Å². The number of rotatable bonds is 3. The molecule has 78 valence electrons. The van der Waals surface area contributed by atoms with E-state index in [2.05, 4.69) is 31.1 Å². The van der Waals surface area contributed by atoms with Crippen LogP contribution in [0.2, 0.25) is 5.02 Å². The van der Waals surface area contributed by atoms with Crippen molar-refractivity contribution >= 4 is 27.5 Å². The molecule has 3 nitrogen and oxygen atoms in total. The normalized spacial score (nSPS) is 10.5. The second kappa shape index (κ2) is 4.77. The third kappa shape index (κ3) is 2.79. The van der Waals surface area contributed by atoms with Crippen LogP contribution in [0.1, 0.15) is 11.4 Å². The highest BCUT2D eigenvalue weighted by molar-refractivity contribution is 9.10. The largest absolute Gasteiger partial charge is 0.263 e. The smallest absolute Gasteiger partial charge is 0.137 e. The summed E-state index contributed by atoms with van der Waals surface area (Å²) in [5.74, 6) is 0.883. The summed E-state index contributed by atoms with van der Waals surface area (Å²) in [5, 5.41) is 7.40. The van der Waals surface area contributed by atoms with Crippen LogP contribution in [-0.4, -0.2) is 15.2 Å². The number of aromatic amines is 1. The van der Waals surface area contributed by atoms with Crippen molar-refractivity contribution in [3.8, 4) is 0 Å². The van der Waals surface area contributed by atoms with E-state index >= 15 is 0 Å². The molecular formula is C10H9BrClN3. The van der Waals surface area contributed by atoms with Crippen molar-refractivity contribution in [3.63, 3.8) is 0 Å². The van der Waals surface area contributed by atoms with Crippen molar-refractivity contribution in [2.75, 3.05) is 0 Å². The zero-order valence-corrected chi connectivity index (χ0v) is 10.2. The molecule has 0 aliphatic heterocycles. The van der Waals surface area contributed by atoms with Gasteiger partial charge in [-0.1, -0.05) is 33.6 Å². The Morgan fingerprint density at radius 1 is 1.33 bits per heavy atom. The molecule has 1 aromatic carbocycles. The highest BCUT2D eigenvalue weighted by Crippen LogP contribution is 2.22. The predicted octanol–water partition coefficient (Wildman–Crippen LogP) is 3.01. The molecule has 2 aromatic rings. The van der Waals surface area contributed by atoms with E-state index in [1.54, 1.807) is 0 Å². The van der Waals surface area contributed by atoms with E-state index in [1.165, 1.54) is 6.33 Å². The summed E-state index contributed by atoms with van der Waals surface area (Å²) >= 11 is 9.47. The Morgan fingerprint density at radius 3 is 2.87 bits per heavy atom. The SMILES string of the molecule is Clc1cc(Br)ccc1CCc1ncn[nH]1. The number of hydrogen-bond acceptors (Lipinski definition) is 2. The molecule has 0 bridgehead atoms. The van der Waals surface area contributed by atoms with E-state index in [1.807, 2.05) is 18.2 Å². The van der Waals surface area contributed by atoms with Crippen LogP contribution in [0.25, 0.3) is 0 Å². The third-order valence-corrected chi connectivity index (χ3v) is 2.96. The zero-order chi connectivity index (χ0) is 10.7. The summed E-state index contributed by atoms with van der Waals surface area (Å²) < 4.78 is 0.996. The first-order chi connectivity index (χ1) is 7.25. The Balaban J connectivity index is 2.05. The first-order valence-corrected chi connectivity index (χ1v) is 5.71. The molecule has 1 aromatic heterocycles. The van der Waals surface area contributed by atoms with E-state index in [0.29, 0.717) is 0 Å². The quantitative estimate of drug-likeness (QED) is 0.942. The number of benzene rings is 1. The second-order valence-electron chi connectivity index (χ2n) is 3.17. The van der Waals surface area contributed by atoms with Gasteiger partial charge in [-0.15, -0.1) is 0 Å². The fraction of sp³-hybridized carbons (Fsp3) is 0.200. The number of aromatic nitrogens is 3. The zero-order valence-electron chi connectivity index (χ0n) is 7.87. The van der Waals surface area contributed by atoms with Gasteiger partial charge in [0.25, 0.3) is 0 Å². The molecular weight excluding hydrogens is 277 g/mol. The van der Waals surface area contributed by atoms with Gasteiger partial charge in [0.05, 0.1) is 0 Å². The number of H-pyrrole nitrogens is 1. The minimum atomic E-state index is 0.781. The molecule has 1 heterocycles. The first kappa shape index (κ1) is 10.6. The Kier molecular flexibility index (Phi) is 3.38. The number of nitrogens with zero attached hydrogens (tertiary/aromatic N) is 2. The summed E-state index contributed by atoms with van der Waals surface area (Å²) in [7, 11) is 0. The van der Waals surface area contributed by atoms with Crippen LogP contribution in [-0.2, 0) is 12.8 Å². The van der Waals surface area contributed by atoms with E-state index in [-0.39, 0.29) is 0 Å². The van der Waals surface area contributed by atoms with Crippen LogP contribution in [0.3, 0.4) is 0 Å². The molecule has 0 atom stereocenters. The maximum atomic E-state index is 6.09. The minimum Gasteiger partial charge on any atom is -0.263 e. The summed E-state index contributed by atoms with van der Waals surface area (Å²) in [4.78, 5) is 4.06. The van der Waals surface area contributed by atoms with Crippen LogP contribution in [0, 0.1) is 0 Å². The molecule has 0 saturated heterocycles. The highest BCUT2D eigenvalue weighted by atomic mass is 79.9. The van der Waals surface area contributed by atoms with Crippen molar-refractivity contribution in [2.24, 2.45) is 0 Å². The lowest BCUT2D eigenvalue weighted by Crippen LogP contribution is -1.94. The van der Waals surface area contributed by atoms with Gasteiger partial charge in [0.1, 0.15) is 12.2 Å². The standard InChI is InChI=1S/C10H9BrClN3/c11-8-3-1-7(9(12)5-8)2-4-10-13-6-14-15-10/h1,3,5-6H,2,4H2,(H,13,14,15). The molecule has 0 unspecified atom stereocenters. The second-order valence-corrected chi connectivity index (χ2v) is 4.49. The molecule has 0 radical (unpaired) electrons. The average Bonchev–Trinajstić information content (AvgIpc) is 2.69. The molecule has 0 aliphatic carbocycles. The summed E-state index contributed by atoms with van der Waals surface area (Å²) in [6.45, 7) is 0. The van der Waals surface area contributed by atoms with Crippen LogP contribution < -0.4 is 0 Å². The van der Waals surface area contributed by atoms with Crippen molar-refractivity contribution in [2.45, 2.75) is 12.8 Å². The minimum absolute atomic E-state index is 0.781. The molecule has 15 heavy (non-hydrogen) atoms. The lowest BCUT2D eigenvalue weighted by atomic mass is 10.1. The molecule has 0 amide bonds. The Morgan fingerprint density at radius 2 is 2.20 bits per heavy atom. The maximum Gasteiger partial charge on any atom is 0.137 e. The topological polar surface area (TPSA) is 41.6 Å². The number of hydrogen-bond donors (Lipinski definition) is 1. The monoisotopic (exact) mass is 285 g/mol. The van der Waals surface area contributed by atoms with Crippen LogP contribution in [0.5, 0.6) is 0 Å². The fourth-order valence-corrected chi connectivity index (χ4v) is 2.10. The van der Waals surface area contributed by atoms with Crippen molar-refractivity contribution in [3.05, 3.63) is 45.4 Å². The molecule has 0 saturated carbocycles. The van der Waals surface area contributed by atoms with Crippen LogP contribution >= 0.6 is 27.5 Å². The molecule has 2 rings (SSSR count). The van der Waals surface area contributed by atoms with E-state index < -0.39 is 0 Å². The van der Waals surface area contributed by atoms with Gasteiger partial charge in [0, 0.05) is 15.9 Å². The summed E-state index contributed by atoms with van der Waals surface area (Å²) in [5.41, 5.74) is 1.12. The third-order valence-electron chi connectivity index (χ3n) is 2.11. The van der Waals surface area contributed by atoms with Gasteiger partial charge in [0.2, 0.25) is 0 Å². The molecule has 5 heteroatoms. The number of aryl methyl sites for hydroxylation is 2. The molecule has 0 fully saturated rings. The lowest BCUT2D eigenvalue weighted by molar-refractivity contribution is 0.865. The van der Waals surface area contributed by atoms with Crippen molar-refractivity contribution in [1.82, 2.24) is 15.2 Å². The predicted molar refractivity (Wildman–Crippen MR) is 62.9 cm³/mol. The van der Waals surface area contributed by atoms with Gasteiger partial charge < -0.3 is 0 Å². The van der Waals surface area contributed by atoms with Gasteiger partial charge in [-0.05, 0) is 24.1 Å². The maximum absolute atomic E-state index is 6.09. The Hall–Kier alpha value is -0.870. The average molecular weight is 287 g/mol. The fourth-order valence-electron chi connectivity index (χ4n) is 1.33. The van der Waals surface area contributed by atoms with E-state index in [0.717, 1.165) is 33.7 Å². The first-order valence-electron chi connectivity index (χ1n) is 4.54. The molecule has 0 spiro atoms. The Bertz CT molecular complexity index is 442. The summed E-state index contributed by atoms with van der Waals surface area (Å²) in [6.07, 6.45) is 3.20. The van der Waals surface area contributed by atoms with E-state index in [4.69, 9.17) is 11.6 Å². The van der Waals surface area contributed by atoms with Crippen molar-refractivity contribution < 1.29 is 0 Å². The van der Waals surface area contributed by atoms with E-state index in [9.17, 15) is 0 Å². The van der Waals surface area contributed by atoms with Gasteiger partial charge in [-0.25, -0.2) is 4.98 Å². The lowest BCUT2D eigenvalue weighted by Gasteiger charge is -2.02. The van der Waals surface area contributed by atoms with Crippen LogP contribution in [0.15, 0.2) is 29.0 Å². The van der Waals surface area contributed by atoms with Crippen molar-refractivity contribution in [1.29, 1.82) is 0 Å². The number of halogens is 2. The van der Waals surface area contributed by atoms with Gasteiger partial charge in [0.15, 0.2) is 0 Å².